The van der Waals surface area contributed by atoms with Crippen molar-refractivity contribution in [2.75, 3.05) is 18.4 Å². The zero-order valence-corrected chi connectivity index (χ0v) is 16.3. The average Bonchev–Trinajstić information content (AvgIpc) is 2.87. The molecule has 0 aliphatic carbocycles. The molecule has 2 heterocycles. The van der Waals surface area contributed by atoms with E-state index in [0.29, 0.717) is 12.1 Å². The minimum atomic E-state index is -0.103. The van der Waals surface area contributed by atoms with Gasteiger partial charge in [0.25, 0.3) is 0 Å². The van der Waals surface area contributed by atoms with Crippen LogP contribution in [0.15, 0.2) is 29.2 Å². The lowest BCUT2D eigenvalue weighted by atomic mass is 10.1. The molecule has 5 nitrogen and oxygen atoms in total. The predicted molar refractivity (Wildman–Crippen MR) is 104 cm³/mol. The Kier molecular flexibility index (Phi) is 7.16. The Bertz CT molecular complexity index is 611. The molecular weight excluding hydrogens is 358 g/mol. The van der Waals surface area contributed by atoms with Crippen molar-refractivity contribution in [3.63, 3.8) is 0 Å². The number of carbonyl (C=O) groups is 2. The topological polar surface area (TPSA) is 61.4 Å². The van der Waals surface area contributed by atoms with Gasteiger partial charge >= 0.3 is 0 Å². The van der Waals surface area contributed by atoms with Crippen LogP contribution in [0.3, 0.4) is 0 Å². The number of halogens is 1. The van der Waals surface area contributed by atoms with E-state index in [0.717, 1.165) is 30.1 Å². The van der Waals surface area contributed by atoms with Crippen molar-refractivity contribution in [3.8, 4) is 0 Å². The van der Waals surface area contributed by atoms with E-state index in [2.05, 4.69) is 10.6 Å². The van der Waals surface area contributed by atoms with Crippen LogP contribution in [0.1, 0.15) is 33.1 Å². The first-order valence-corrected chi connectivity index (χ1v) is 9.48. The van der Waals surface area contributed by atoms with Gasteiger partial charge in [0, 0.05) is 42.7 Å². The minimum absolute atomic E-state index is 0. The summed E-state index contributed by atoms with van der Waals surface area (Å²) in [5, 5.41) is 6.26. The van der Waals surface area contributed by atoms with E-state index in [1.807, 2.05) is 36.1 Å². The third-order valence-electron chi connectivity index (χ3n) is 4.67. The van der Waals surface area contributed by atoms with Crippen LogP contribution in [0.5, 0.6) is 0 Å². The molecule has 0 radical (unpaired) electrons. The maximum Gasteiger partial charge on any atom is 0.235 e. The van der Waals surface area contributed by atoms with Crippen LogP contribution in [0.4, 0.5) is 5.69 Å². The van der Waals surface area contributed by atoms with Crippen molar-refractivity contribution in [2.45, 2.75) is 55.3 Å². The van der Waals surface area contributed by atoms with E-state index in [4.69, 9.17) is 0 Å². The van der Waals surface area contributed by atoms with Crippen LogP contribution in [0.2, 0.25) is 0 Å². The molecule has 2 fully saturated rings. The number of nitrogens with one attached hydrogen (secondary N) is 2. The number of nitrogens with zero attached hydrogens (tertiary/aromatic N) is 1. The van der Waals surface area contributed by atoms with Crippen LogP contribution >= 0.6 is 24.2 Å². The average molecular weight is 384 g/mol. The number of thioether (sulfide) groups is 1. The predicted octanol–water partition coefficient (Wildman–Crippen LogP) is 2.90. The highest BCUT2D eigenvalue weighted by Crippen LogP contribution is 2.27. The van der Waals surface area contributed by atoms with Crippen molar-refractivity contribution in [3.05, 3.63) is 24.3 Å². The largest absolute Gasteiger partial charge is 0.340 e. The molecule has 0 aromatic heterocycles. The fourth-order valence-corrected chi connectivity index (χ4v) is 4.43. The molecule has 0 spiro atoms. The van der Waals surface area contributed by atoms with Gasteiger partial charge in [-0.15, -0.1) is 24.2 Å². The van der Waals surface area contributed by atoms with Crippen LogP contribution in [0.25, 0.3) is 0 Å². The Balaban J connectivity index is 0.00000225. The fraction of sp³-hybridized carbons (Fsp3) is 0.556. The fourth-order valence-electron chi connectivity index (χ4n) is 3.47. The first-order chi connectivity index (χ1) is 11.5. The summed E-state index contributed by atoms with van der Waals surface area (Å²) in [6.45, 7) is 5.17. The molecule has 2 aliphatic heterocycles. The summed E-state index contributed by atoms with van der Waals surface area (Å²) in [6.07, 6.45) is 3.49. The number of amides is 2. The lowest BCUT2D eigenvalue weighted by Crippen LogP contribution is -2.42. The first kappa shape index (κ1) is 20.1. The molecular formula is C18H26ClN3O2S. The normalized spacial score (nSPS) is 23.4. The second kappa shape index (κ2) is 8.92. The summed E-state index contributed by atoms with van der Waals surface area (Å²) >= 11 is 1.58. The molecule has 3 rings (SSSR count). The van der Waals surface area contributed by atoms with Gasteiger partial charge in [-0.3, -0.25) is 9.59 Å². The SMILES string of the molecule is CC(=O)Nc1ccc(SC(C)C(=O)N2CCC3CCC(C2)N3)cc1.Cl. The van der Waals surface area contributed by atoms with Gasteiger partial charge in [-0.2, -0.15) is 0 Å². The van der Waals surface area contributed by atoms with Crippen molar-refractivity contribution < 1.29 is 9.59 Å². The molecule has 2 saturated heterocycles. The van der Waals surface area contributed by atoms with Gasteiger partial charge in [-0.1, -0.05) is 0 Å². The van der Waals surface area contributed by atoms with Gasteiger partial charge in [0.15, 0.2) is 0 Å². The van der Waals surface area contributed by atoms with Crippen LogP contribution in [-0.2, 0) is 9.59 Å². The molecule has 138 valence electrons. The number of carbonyl (C=O) groups excluding carboxylic acids is 2. The summed E-state index contributed by atoms with van der Waals surface area (Å²) in [6, 6.07) is 8.70. The number of hydrogen-bond donors (Lipinski definition) is 2. The maximum absolute atomic E-state index is 12.8. The van der Waals surface area contributed by atoms with Gasteiger partial charge in [0.1, 0.15) is 0 Å². The second-order valence-corrected chi connectivity index (χ2v) is 8.09. The third-order valence-corrected chi connectivity index (χ3v) is 5.77. The molecule has 1 aromatic rings. The first-order valence-electron chi connectivity index (χ1n) is 8.60. The molecule has 3 atom stereocenters. The highest BCUT2D eigenvalue weighted by atomic mass is 35.5. The van der Waals surface area contributed by atoms with E-state index in [1.165, 1.54) is 19.8 Å². The number of benzene rings is 1. The van der Waals surface area contributed by atoms with Gasteiger partial charge in [-0.05, 0) is 50.5 Å². The van der Waals surface area contributed by atoms with Crippen LogP contribution in [-0.4, -0.2) is 47.1 Å². The molecule has 2 bridgehead atoms. The third kappa shape index (κ3) is 5.36. The van der Waals surface area contributed by atoms with Gasteiger partial charge in [0.2, 0.25) is 11.8 Å². The summed E-state index contributed by atoms with van der Waals surface area (Å²) in [7, 11) is 0. The van der Waals surface area contributed by atoms with Gasteiger partial charge in [0.05, 0.1) is 5.25 Å². The number of anilines is 1. The maximum atomic E-state index is 12.8. The van der Waals surface area contributed by atoms with E-state index in [9.17, 15) is 9.59 Å². The quantitative estimate of drug-likeness (QED) is 0.785. The van der Waals surface area contributed by atoms with Gasteiger partial charge < -0.3 is 15.5 Å². The van der Waals surface area contributed by atoms with Crippen molar-refractivity contribution in [1.82, 2.24) is 10.2 Å². The number of hydrogen-bond acceptors (Lipinski definition) is 4. The highest BCUT2D eigenvalue weighted by Gasteiger charge is 2.32. The Morgan fingerprint density at radius 2 is 1.88 bits per heavy atom. The molecule has 1 aromatic carbocycles. The molecule has 2 N–H and O–H groups in total. The Hall–Kier alpha value is -1.24. The summed E-state index contributed by atoms with van der Waals surface area (Å²) in [5.41, 5.74) is 0.778. The summed E-state index contributed by atoms with van der Waals surface area (Å²) in [5.74, 6) is 0.142. The molecule has 2 aliphatic rings. The zero-order valence-electron chi connectivity index (χ0n) is 14.7. The van der Waals surface area contributed by atoms with Crippen molar-refractivity contribution in [1.29, 1.82) is 0 Å². The lowest BCUT2D eigenvalue weighted by molar-refractivity contribution is -0.130. The molecule has 25 heavy (non-hydrogen) atoms. The summed E-state index contributed by atoms with van der Waals surface area (Å²) < 4.78 is 0. The van der Waals surface area contributed by atoms with E-state index < -0.39 is 0 Å². The van der Waals surface area contributed by atoms with E-state index in [1.54, 1.807) is 11.8 Å². The standard InChI is InChI=1S/C18H25N3O2S.ClH/c1-12(24-17-7-5-14(6-8-17)19-13(2)22)18(23)21-10-9-15-3-4-16(11-21)20-15;/h5-8,12,15-16,20H,3-4,9-11H2,1-2H3,(H,19,22);1H. The molecule has 2 amide bonds. The number of rotatable bonds is 4. The highest BCUT2D eigenvalue weighted by molar-refractivity contribution is 8.00. The van der Waals surface area contributed by atoms with E-state index >= 15 is 0 Å². The Labute approximate surface area is 159 Å². The monoisotopic (exact) mass is 383 g/mol. The second-order valence-electron chi connectivity index (χ2n) is 6.68. The minimum Gasteiger partial charge on any atom is -0.340 e. The Morgan fingerprint density at radius 1 is 1.20 bits per heavy atom. The smallest absolute Gasteiger partial charge is 0.235 e. The molecule has 0 saturated carbocycles. The zero-order chi connectivity index (χ0) is 17.1. The van der Waals surface area contributed by atoms with Crippen LogP contribution in [0, 0.1) is 0 Å². The number of likely N-dealkylation sites (tertiary alicyclic amines) is 1. The Morgan fingerprint density at radius 3 is 2.56 bits per heavy atom. The van der Waals surface area contributed by atoms with Crippen molar-refractivity contribution in [2.24, 2.45) is 0 Å². The lowest BCUT2D eigenvalue weighted by Gasteiger charge is -2.27. The van der Waals surface area contributed by atoms with Crippen LogP contribution < -0.4 is 10.6 Å². The summed E-state index contributed by atoms with van der Waals surface area (Å²) in [4.78, 5) is 26.9. The number of fused-ring (bicyclic) bond motifs is 2. The molecule has 3 unspecified atom stereocenters. The molecule has 7 heteroatoms. The van der Waals surface area contributed by atoms with Gasteiger partial charge in [-0.25, -0.2) is 0 Å². The van der Waals surface area contributed by atoms with E-state index in [-0.39, 0.29) is 29.5 Å². The van der Waals surface area contributed by atoms with Crippen molar-refractivity contribution >= 4 is 41.7 Å².